The summed E-state index contributed by atoms with van der Waals surface area (Å²) in [6, 6.07) is 8.78. The molecule has 1 fully saturated rings. The first-order valence-corrected chi connectivity index (χ1v) is 6.55. The summed E-state index contributed by atoms with van der Waals surface area (Å²) in [5.74, 6) is 0.759. The third-order valence-corrected chi connectivity index (χ3v) is 3.75. The zero-order valence-corrected chi connectivity index (χ0v) is 11.1. The van der Waals surface area contributed by atoms with E-state index < -0.39 is 0 Å². The molecule has 17 heavy (non-hydrogen) atoms. The molecule has 1 aliphatic rings. The Bertz CT molecular complexity index is 377. The first kappa shape index (κ1) is 12.6. The summed E-state index contributed by atoms with van der Waals surface area (Å²) < 4.78 is 0. The molecule has 2 heteroatoms. The second kappa shape index (κ2) is 5.19. The van der Waals surface area contributed by atoms with Gasteiger partial charge < -0.3 is 5.11 Å². The van der Waals surface area contributed by atoms with Crippen LogP contribution in [0.4, 0.5) is 0 Å². The Morgan fingerprint density at radius 1 is 1.41 bits per heavy atom. The molecule has 2 rings (SSSR count). The first-order chi connectivity index (χ1) is 8.06. The molecule has 1 aliphatic heterocycles. The summed E-state index contributed by atoms with van der Waals surface area (Å²) >= 11 is 0. The van der Waals surface area contributed by atoms with Crippen LogP contribution in [0.2, 0.25) is 0 Å². The molecule has 3 atom stereocenters. The van der Waals surface area contributed by atoms with Crippen molar-refractivity contribution in [3.05, 3.63) is 35.4 Å². The van der Waals surface area contributed by atoms with Crippen molar-refractivity contribution in [2.45, 2.75) is 39.3 Å². The van der Waals surface area contributed by atoms with E-state index in [1.165, 1.54) is 12.0 Å². The maximum absolute atomic E-state index is 10.3. The average Bonchev–Trinajstić information content (AvgIpc) is 2.57. The Balaban J connectivity index is 1.99. The molecule has 94 valence electrons. The van der Waals surface area contributed by atoms with Crippen LogP contribution in [0, 0.1) is 12.8 Å². The number of aliphatic hydroxyl groups is 1. The quantitative estimate of drug-likeness (QED) is 0.867. The third kappa shape index (κ3) is 3.08. The maximum Gasteiger partial charge on any atom is 0.0917 e. The fourth-order valence-corrected chi connectivity index (χ4v) is 2.85. The fraction of sp³-hybridized carbons (Fsp3) is 0.600. The van der Waals surface area contributed by atoms with Crippen LogP contribution in [-0.4, -0.2) is 29.1 Å². The largest absolute Gasteiger partial charge is 0.387 e. The minimum atomic E-state index is -0.359. The summed E-state index contributed by atoms with van der Waals surface area (Å²) in [7, 11) is 0. The third-order valence-electron chi connectivity index (χ3n) is 3.75. The van der Waals surface area contributed by atoms with E-state index in [0.29, 0.717) is 6.04 Å². The van der Waals surface area contributed by atoms with E-state index in [1.54, 1.807) is 0 Å². The van der Waals surface area contributed by atoms with Crippen molar-refractivity contribution >= 4 is 0 Å². The fourth-order valence-electron chi connectivity index (χ4n) is 2.85. The van der Waals surface area contributed by atoms with E-state index in [1.807, 2.05) is 12.1 Å². The number of aryl methyl sites for hydroxylation is 1. The van der Waals surface area contributed by atoms with Crippen molar-refractivity contribution in [1.82, 2.24) is 4.90 Å². The van der Waals surface area contributed by atoms with Gasteiger partial charge in [-0.05, 0) is 31.7 Å². The Morgan fingerprint density at radius 3 is 2.76 bits per heavy atom. The lowest BCUT2D eigenvalue weighted by atomic mass is 10.1. The molecule has 0 bridgehead atoms. The van der Waals surface area contributed by atoms with Gasteiger partial charge in [0.05, 0.1) is 6.10 Å². The minimum absolute atomic E-state index is 0.359. The predicted molar refractivity (Wildman–Crippen MR) is 71.0 cm³/mol. The summed E-state index contributed by atoms with van der Waals surface area (Å²) in [6.07, 6.45) is 0.892. The highest BCUT2D eigenvalue weighted by Gasteiger charge is 2.27. The number of β-amino-alcohol motifs (C(OH)–C–C–N with tert-alkyl or cyclic N) is 1. The van der Waals surface area contributed by atoms with E-state index in [2.05, 4.69) is 37.8 Å². The predicted octanol–water partition coefficient (Wildman–Crippen LogP) is 2.76. The molecule has 1 aromatic rings. The molecule has 0 aliphatic carbocycles. The normalized spacial score (nSPS) is 27.3. The molecular formula is C15H23NO. The van der Waals surface area contributed by atoms with Gasteiger partial charge in [-0.2, -0.15) is 0 Å². The van der Waals surface area contributed by atoms with E-state index >= 15 is 0 Å². The molecule has 0 radical (unpaired) electrons. The summed E-state index contributed by atoms with van der Waals surface area (Å²) in [5.41, 5.74) is 2.25. The van der Waals surface area contributed by atoms with Crippen molar-refractivity contribution in [3.8, 4) is 0 Å². The Morgan fingerprint density at radius 2 is 2.18 bits per heavy atom. The van der Waals surface area contributed by atoms with Crippen molar-refractivity contribution in [3.63, 3.8) is 0 Å². The van der Waals surface area contributed by atoms with Gasteiger partial charge in [0.25, 0.3) is 0 Å². The molecule has 0 aromatic heterocycles. The van der Waals surface area contributed by atoms with E-state index in [9.17, 15) is 5.11 Å². The van der Waals surface area contributed by atoms with E-state index in [-0.39, 0.29) is 6.10 Å². The van der Waals surface area contributed by atoms with Gasteiger partial charge in [0.1, 0.15) is 0 Å². The molecule has 0 saturated carbocycles. The summed E-state index contributed by atoms with van der Waals surface area (Å²) in [5, 5.41) is 10.3. The van der Waals surface area contributed by atoms with E-state index in [4.69, 9.17) is 0 Å². The van der Waals surface area contributed by atoms with Crippen molar-refractivity contribution < 1.29 is 5.11 Å². The van der Waals surface area contributed by atoms with Gasteiger partial charge >= 0.3 is 0 Å². The first-order valence-electron chi connectivity index (χ1n) is 6.55. The lowest BCUT2D eigenvalue weighted by Gasteiger charge is -2.24. The molecule has 1 aromatic carbocycles. The van der Waals surface area contributed by atoms with Crippen molar-refractivity contribution in [1.29, 1.82) is 0 Å². The summed E-state index contributed by atoms with van der Waals surface area (Å²) in [4.78, 5) is 2.40. The number of nitrogens with zero attached hydrogens (tertiary/aromatic N) is 1. The van der Waals surface area contributed by atoms with Crippen LogP contribution in [0.5, 0.6) is 0 Å². The molecular weight excluding hydrogens is 210 g/mol. The van der Waals surface area contributed by atoms with Gasteiger partial charge in [-0.1, -0.05) is 36.8 Å². The molecule has 0 amide bonds. The number of likely N-dealkylation sites (tertiary alicyclic amines) is 1. The molecule has 2 nitrogen and oxygen atoms in total. The van der Waals surface area contributed by atoms with Crippen LogP contribution >= 0.6 is 0 Å². The number of rotatable bonds is 3. The number of aliphatic hydroxyl groups excluding tert-OH is 1. The number of hydrogen-bond acceptors (Lipinski definition) is 2. The highest BCUT2D eigenvalue weighted by atomic mass is 16.3. The van der Waals surface area contributed by atoms with Gasteiger partial charge in [0.2, 0.25) is 0 Å². The number of benzene rings is 1. The zero-order chi connectivity index (χ0) is 12.4. The molecule has 1 N–H and O–H groups in total. The van der Waals surface area contributed by atoms with Gasteiger partial charge in [0.15, 0.2) is 0 Å². The smallest absolute Gasteiger partial charge is 0.0917 e. The monoisotopic (exact) mass is 233 g/mol. The average molecular weight is 233 g/mol. The highest BCUT2D eigenvalue weighted by Crippen LogP contribution is 2.25. The van der Waals surface area contributed by atoms with Crippen LogP contribution in [-0.2, 0) is 0 Å². The summed E-state index contributed by atoms with van der Waals surface area (Å²) in [6.45, 7) is 8.48. The topological polar surface area (TPSA) is 23.5 Å². The van der Waals surface area contributed by atoms with Crippen LogP contribution in [0.15, 0.2) is 24.3 Å². The second-order valence-electron chi connectivity index (χ2n) is 5.57. The number of hydrogen-bond donors (Lipinski definition) is 1. The van der Waals surface area contributed by atoms with Gasteiger partial charge in [-0.3, -0.25) is 4.90 Å². The Hall–Kier alpha value is -0.860. The molecule has 1 saturated heterocycles. The molecule has 3 unspecified atom stereocenters. The Labute approximate surface area is 104 Å². The highest BCUT2D eigenvalue weighted by molar-refractivity contribution is 5.24. The van der Waals surface area contributed by atoms with Crippen LogP contribution in [0.1, 0.15) is 37.5 Å². The Kier molecular flexibility index (Phi) is 3.85. The maximum atomic E-state index is 10.3. The lowest BCUT2D eigenvalue weighted by molar-refractivity contribution is 0.109. The van der Waals surface area contributed by atoms with Crippen LogP contribution in [0.3, 0.4) is 0 Å². The van der Waals surface area contributed by atoms with Gasteiger partial charge in [-0.25, -0.2) is 0 Å². The van der Waals surface area contributed by atoms with E-state index in [0.717, 1.165) is 24.6 Å². The van der Waals surface area contributed by atoms with Gasteiger partial charge in [-0.15, -0.1) is 0 Å². The van der Waals surface area contributed by atoms with Gasteiger partial charge in [0, 0.05) is 19.1 Å². The van der Waals surface area contributed by atoms with Crippen molar-refractivity contribution in [2.75, 3.05) is 13.1 Å². The van der Waals surface area contributed by atoms with Crippen LogP contribution in [0.25, 0.3) is 0 Å². The minimum Gasteiger partial charge on any atom is -0.387 e. The zero-order valence-electron chi connectivity index (χ0n) is 11.1. The SMILES string of the molecule is Cc1cccc(C(O)CN2CC(C)CC2C)c1. The second-order valence-corrected chi connectivity index (χ2v) is 5.57. The molecule has 1 heterocycles. The van der Waals surface area contributed by atoms with Crippen molar-refractivity contribution in [2.24, 2.45) is 5.92 Å². The lowest BCUT2D eigenvalue weighted by Crippen LogP contribution is -2.31. The van der Waals surface area contributed by atoms with Crippen LogP contribution < -0.4 is 0 Å². The standard InChI is InChI=1S/C15H23NO/c1-11-5-4-6-14(8-11)15(17)10-16-9-12(2)7-13(16)3/h4-6,8,12-13,15,17H,7,9-10H2,1-3H3. The molecule has 0 spiro atoms.